The summed E-state index contributed by atoms with van der Waals surface area (Å²) >= 11 is 0. The standard InChI is InChI=1S/C69H128O6/c1-4-7-10-13-16-19-21-23-25-27-29-30-31-32-33-34-35-36-37-38-40-41-43-45-47-50-53-56-59-62-68(71)74-65-66(64-73-67(70)61-58-55-52-49-18-15-12-9-6-3)75-69(72)63-60-57-54-51-48-46-44-42-39-28-26-24-22-20-17-14-11-8-5-2/h21,23,27,29,31-32,66H,4-20,22,24-26,28,30,33-65H2,1-3H3/b23-21-,29-27-,32-31-. The van der Waals surface area contributed by atoms with Crippen LogP contribution >= 0.6 is 0 Å². The van der Waals surface area contributed by atoms with E-state index >= 15 is 0 Å². The number of hydrogen-bond acceptors (Lipinski definition) is 6. The number of esters is 3. The molecule has 0 fully saturated rings. The Kier molecular flexibility index (Phi) is 62.1. The van der Waals surface area contributed by atoms with Crippen LogP contribution in [0.4, 0.5) is 0 Å². The average molecular weight is 1050 g/mol. The van der Waals surface area contributed by atoms with Crippen molar-refractivity contribution in [2.24, 2.45) is 0 Å². The zero-order valence-electron chi connectivity index (χ0n) is 50.6. The smallest absolute Gasteiger partial charge is 0.306 e. The second-order valence-corrected chi connectivity index (χ2v) is 22.7. The van der Waals surface area contributed by atoms with E-state index < -0.39 is 6.10 Å². The van der Waals surface area contributed by atoms with Gasteiger partial charge in [-0.15, -0.1) is 0 Å². The lowest BCUT2D eigenvalue weighted by atomic mass is 10.0. The zero-order valence-corrected chi connectivity index (χ0v) is 50.6. The van der Waals surface area contributed by atoms with Gasteiger partial charge < -0.3 is 14.2 Å². The highest BCUT2D eigenvalue weighted by atomic mass is 16.6. The number of hydrogen-bond donors (Lipinski definition) is 0. The van der Waals surface area contributed by atoms with Crippen molar-refractivity contribution in [2.75, 3.05) is 13.2 Å². The second-order valence-electron chi connectivity index (χ2n) is 22.7. The Morgan fingerprint density at radius 3 is 0.747 bits per heavy atom. The molecule has 440 valence electrons. The topological polar surface area (TPSA) is 78.9 Å². The minimum absolute atomic E-state index is 0.0662. The molecule has 0 N–H and O–H groups in total. The van der Waals surface area contributed by atoms with Gasteiger partial charge in [0.05, 0.1) is 0 Å². The van der Waals surface area contributed by atoms with Crippen LogP contribution in [0, 0.1) is 0 Å². The number of rotatable bonds is 62. The van der Waals surface area contributed by atoms with E-state index in [1.54, 1.807) is 0 Å². The van der Waals surface area contributed by atoms with Gasteiger partial charge in [-0.3, -0.25) is 14.4 Å². The highest BCUT2D eigenvalue weighted by Crippen LogP contribution is 2.18. The summed E-state index contributed by atoms with van der Waals surface area (Å²) < 4.78 is 16.9. The molecule has 0 aromatic carbocycles. The molecular weight excluding hydrogens is 925 g/mol. The Hall–Kier alpha value is -2.37. The molecule has 1 unspecified atom stereocenters. The van der Waals surface area contributed by atoms with E-state index in [0.29, 0.717) is 19.3 Å². The van der Waals surface area contributed by atoms with Crippen molar-refractivity contribution in [3.8, 4) is 0 Å². The Morgan fingerprint density at radius 2 is 0.480 bits per heavy atom. The molecule has 6 nitrogen and oxygen atoms in total. The van der Waals surface area contributed by atoms with Gasteiger partial charge >= 0.3 is 17.9 Å². The predicted octanol–water partition coefficient (Wildman–Crippen LogP) is 22.8. The van der Waals surface area contributed by atoms with Crippen molar-refractivity contribution in [2.45, 2.75) is 374 Å². The van der Waals surface area contributed by atoms with Crippen molar-refractivity contribution in [1.29, 1.82) is 0 Å². The van der Waals surface area contributed by atoms with Gasteiger partial charge in [-0.25, -0.2) is 0 Å². The van der Waals surface area contributed by atoms with E-state index in [1.807, 2.05) is 0 Å². The summed E-state index contributed by atoms with van der Waals surface area (Å²) in [6, 6.07) is 0. The van der Waals surface area contributed by atoms with E-state index in [0.717, 1.165) is 70.6 Å². The maximum absolute atomic E-state index is 12.9. The van der Waals surface area contributed by atoms with Crippen molar-refractivity contribution in [1.82, 2.24) is 0 Å². The fourth-order valence-electron chi connectivity index (χ4n) is 10.1. The van der Waals surface area contributed by atoms with Crippen LogP contribution in [0.1, 0.15) is 367 Å². The van der Waals surface area contributed by atoms with Crippen LogP contribution in [0.2, 0.25) is 0 Å². The molecule has 0 aliphatic carbocycles. The molecule has 0 rings (SSSR count). The van der Waals surface area contributed by atoms with Crippen LogP contribution in [0.5, 0.6) is 0 Å². The molecule has 1 atom stereocenters. The number of carbonyl (C=O) groups is 3. The minimum Gasteiger partial charge on any atom is -0.462 e. The fraction of sp³-hybridized carbons (Fsp3) is 0.870. The Bertz CT molecular complexity index is 1250. The largest absolute Gasteiger partial charge is 0.462 e. The average Bonchev–Trinajstić information content (AvgIpc) is 3.41. The fourth-order valence-corrected chi connectivity index (χ4v) is 10.1. The van der Waals surface area contributed by atoms with Gasteiger partial charge in [0.2, 0.25) is 0 Å². The van der Waals surface area contributed by atoms with Gasteiger partial charge in [-0.05, 0) is 57.8 Å². The van der Waals surface area contributed by atoms with E-state index in [4.69, 9.17) is 14.2 Å². The molecule has 0 radical (unpaired) electrons. The molecule has 0 amide bonds. The molecule has 0 saturated heterocycles. The molecule has 6 heteroatoms. The molecule has 0 aliphatic heterocycles. The zero-order chi connectivity index (χ0) is 54.3. The summed E-state index contributed by atoms with van der Waals surface area (Å²) in [5, 5.41) is 0. The molecule has 0 aromatic rings. The summed E-state index contributed by atoms with van der Waals surface area (Å²) in [5.74, 6) is -0.844. The lowest BCUT2D eigenvalue weighted by molar-refractivity contribution is -0.167. The minimum atomic E-state index is -0.767. The highest BCUT2D eigenvalue weighted by molar-refractivity contribution is 5.71. The first-order valence-corrected chi connectivity index (χ1v) is 33.5. The molecule has 75 heavy (non-hydrogen) atoms. The van der Waals surface area contributed by atoms with E-state index in [-0.39, 0.29) is 31.1 Å². The second kappa shape index (κ2) is 64.2. The van der Waals surface area contributed by atoms with Crippen molar-refractivity contribution < 1.29 is 28.6 Å². The van der Waals surface area contributed by atoms with Gasteiger partial charge in [-0.2, -0.15) is 0 Å². The molecule has 0 aliphatic rings. The summed E-state index contributed by atoms with van der Waals surface area (Å²) in [5.41, 5.74) is 0. The molecule has 0 bridgehead atoms. The first-order valence-electron chi connectivity index (χ1n) is 33.5. The summed E-state index contributed by atoms with van der Waals surface area (Å²) in [4.78, 5) is 38.2. The van der Waals surface area contributed by atoms with Crippen LogP contribution in [0.3, 0.4) is 0 Å². The highest BCUT2D eigenvalue weighted by Gasteiger charge is 2.19. The van der Waals surface area contributed by atoms with Crippen molar-refractivity contribution >= 4 is 17.9 Å². The van der Waals surface area contributed by atoms with Crippen LogP contribution in [-0.2, 0) is 28.6 Å². The number of allylic oxidation sites excluding steroid dienone is 6. The van der Waals surface area contributed by atoms with Crippen LogP contribution in [0.15, 0.2) is 36.5 Å². The van der Waals surface area contributed by atoms with Crippen LogP contribution < -0.4 is 0 Å². The number of ether oxygens (including phenoxy) is 3. The molecule has 0 spiro atoms. The Labute approximate surface area is 467 Å². The molecular formula is C69H128O6. The third-order valence-corrected chi connectivity index (χ3v) is 15.1. The normalized spacial score (nSPS) is 12.2. The third-order valence-electron chi connectivity index (χ3n) is 15.1. The lowest BCUT2D eigenvalue weighted by Gasteiger charge is -2.18. The quantitative estimate of drug-likeness (QED) is 0.0261. The Balaban J connectivity index is 4.11. The van der Waals surface area contributed by atoms with Crippen molar-refractivity contribution in [3.63, 3.8) is 0 Å². The lowest BCUT2D eigenvalue weighted by Crippen LogP contribution is -2.30. The summed E-state index contributed by atoms with van der Waals surface area (Å²) in [6.07, 6.45) is 78.9. The first-order chi connectivity index (χ1) is 37.0. The van der Waals surface area contributed by atoms with Gasteiger partial charge in [-0.1, -0.05) is 327 Å². The predicted molar refractivity (Wildman–Crippen MR) is 326 cm³/mol. The molecule has 0 heterocycles. The SMILES string of the molecule is CCCCCCC/C=C\C/C=C\C/C=C\CCCCCCCCCCCCCCCCC(=O)OCC(COC(=O)CCCCCCCCCCC)OC(=O)CCCCCCCCCCCCCCCCCCCCC. The van der Waals surface area contributed by atoms with E-state index in [9.17, 15) is 14.4 Å². The number of carbonyl (C=O) groups excluding carboxylic acids is 3. The van der Waals surface area contributed by atoms with Crippen LogP contribution in [-0.4, -0.2) is 37.2 Å². The third kappa shape index (κ3) is 62.4. The van der Waals surface area contributed by atoms with E-state index in [2.05, 4.69) is 57.2 Å². The summed E-state index contributed by atoms with van der Waals surface area (Å²) in [6.45, 7) is 6.67. The first kappa shape index (κ1) is 72.6. The Morgan fingerprint density at radius 1 is 0.267 bits per heavy atom. The maximum Gasteiger partial charge on any atom is 0.306 e. The maximum atomic E-state index is 12.9. The van der Waals surface area contributed by atoms with Crippen LogP contribution in [0.25, 0.3) is 0 Å². The van der Waals surface area contributed by atoms with Crippen molar-refractivity contribution in [3.05, 3.63) is 36.5 Å². The van der Waals surface area contributed by atoms with Gasteiger partial charge in [0, 0.05) is 19.3 Å². The number of unbranched alkanes of at least 4 members (excludes halogenated alkanes) is 45. The van der Waals surface area contributed by atoms with Gasteiger partial charge in [0.25, 0.3) is 0 Å². The monoisotopic (exact) mass is 1050 g/mol. The van der Waals surface area contributed by atoms with Gasteiger partial charge in [0.1, 0.15) is 13.2 Å². The summed E-state index contributed by atoms with van der Waals surface area (Å²) in [7, 11) is 0. The molecule has 0 saturated carbocycles. The van der Waals surface area contributed by atoms with Gasteiger partial charge in [0.15, 0.2) is 6.10 Å². The molecule has 0 aromatic heterocycles. The van der Waals surface area contributed by atoms with E-state index in [1.165, 1.54) is 257 Å².